The number of hydrogen-bond donors (Lipinski definition) is 2. The van der Waals surface area contributed by atoms with Gasteiger partial charge >= 0.3 is 0 Å². The molecule has 0 unspecified atom stereocenters. The van der Waals surface area contributed by atoms with Crippen LogP contribution in [0.1, 0.15) is 37.3 Å². The molecule has 3 rings (SSSR count). The van der Waals surface area contributed by atoms with E-state index in [4.69, 9.17) is 0 Å². The molecular weight excluding hydrogens is 352 g/mol. The highest BCUT2D eigenvalue weighted by molar-refractivity contribution is 5.82. The summed E-state index contributed by atoms with van der Waals surface area (Å²) in [4.78, 5) is 30.3. The average molecular weight is 388 g/mol. The Hall–Kier alpha value is -2.08. The molecule has 2 N–H and O–H groups in total. The van der Waals surface area contributed by atoms with Crippen molar-refractivity contribution in [2.24, 2.45) is 0 Å². The molecule has 0 atom stereocenters. The van der Waals surface area contributed by atoms with E-state index in [1.807, 2.05) is 4.90 Å². The lowest BCUT2D eigenvalue weighted by atomic mass is 9.99. The number of benzene rings is 1. The van der Waals surface area contributed by atoms with Crippen molar-refractivity contribution in [1.29, 1.82) is 0 Å². The van der Waals surface area contributed by atoms with Crippen LogP contribution in [0.3, 0.4) is 0 Å². The number of carbonyl (C=O) groups excluding carboxylic acids is 2. The summed E-state index contributed by atoms with van der Waals surface area (Å²) in [6.07, 6.45) is 4.33. The number of rotatable bonds is 7. The first-order valence-corrected chi connectivity index (χ1v) is 10.8. The molecule has 6 nitrogen and oxygen atoms in total. The molecule has 28 heavy (non-hydrogen) atoms. The second kappa shape index (κ2) is 9.92. The Morgan fingerprint density at radius 2 is 1.96 bits per heavy atom. The number of fused-ring (bicyclic) bond motifs is 1. The highest BCUT2D eigenvalue weighted by Gasteiger charge is 2.27. The first-order chi connectivity index (χ1) is 13.6. The molecule has 2 amide bonds. The van der Waals surface area contributed by atoms with Crippen LogP contribution >= 0.6 is 0 Å². The maximum absolute atomic E-state index is 12.8. The number of carbonyl (C=O) groups is 2. The number of piperazine rings is 1. The second-order valence-electron chi connectivity index (χ2n) is 8.17. The minimum atomic E-state index is 0.128. The topological polar surface area (TPSA) is 57.1 Å². The summed E-state index contributed by atoms with van der Waals surface area (Å²) in [6.45, 7) is 10.1. The van der Waals surface area contributed by atoms with E-state index in [1.165, 1.54) is 21.7 Å². The zero-order valence-electron chi connectivity index (χ0n) is 17.4. The van der Waals surface area contributed by atoms with E-state index in [2.05, 4.69) is 42.3 Å². The molecule has 0 spiro atoms. The van der Waals surface area contributed by atoms with Gasteiger partial charge < -0.3 is 20.0 Å². The maximum atomic E-state index is 12.8. The number of amides is 2. The maximum Gasteiger partial charge on any atom is 0.275 e. The summed E-state index contributed by atoms with van der Waals surface area (Å²) in [5.41, 5.74) is 3.87. The average Bonchev–Trinajstić information content (AvgIpc) is 2.68. The van der Waals surface area contributed by atoms with Gasteiger partial charge in [0, 0.05) is 18.8 Å². The lowest BCUT2D eigenvalue weighted by Gasteiger charge is -2.35. The highest BCUT2D eigenvalue weighted by Crippen LogP contribution is 2.27. The van der Waals surface area contributed by atoms with Gasteiger partial charge in [-0.05, 0) is 37.8 Å². The number of anilines is 1. The Morgan fingerprint density at radius 3 is 2.71 bits per heavy atom. The molecule has 1 aromatic rings. The van der Waals surface area contributed by atoms with Gasteiger partial charge in [-0.2, -0.15) is 0 Å². The molecule has 0 radical (unpaired) electrons. The van der Waals surface area contributed by atoms with Crippen LogP contribution in [-0.2, 0) is 16.0 Å². The van der Waals surface area contributed by atoms with Crippen molar-refractivity contribution < 1.29 is 14.5 Å². The van der Waals surface area contributed by atoms with Crippen LogP contribution < -0.4 is 15.1 Å². The zero-order valence-corrected chi connectivity index (χ0v) is 17.4. The van der Waals surface area contributed by atoms with Crippen molar-refractivity contribution in [2.45, 2.75) is 39.5 Å². The van der Waals surface area contributed by atoms with Gasteiger partial charge in [-0.1, -0.05) is 31.0 Å². The van der Waals surface area contributed by atoms with Gasteiger partial charge in [0.15, 0.2) is 6.54 Å². The molecule has 1 aromatic carbocycles. The third-order valence-corrected chi connectivity index (χ3v) is 5.86. The van der Waals surface area contributed by atoms with Crippen LogP contribution in [0.15, 0.2) is 18.2 Å². The second-order valence-corrected chi connectivity index (χ2v) is 8.17. The fourth-order valence-electron chi connectivity index (χ4n) is 4.17. The Morgan fingerprint density at radius 1 is 1.18 bits per heavy atom. The third-order valence-electron chi connectivity index (χ3n) is 5.86. The number of aryl methyl sites for hydroxylation is 2. The number of hydrogen-bond acceptors (Lipinski definition) is 3. The SMILES string of the molecule is CCCCNC(=O)C[NH+]1CCN(C(=O)CN2CCCc3cc(C)ccc32)CC1. The molecule has 2 aliphatic rings. The first-order valence-electron chi connectivity index (χ1n) is 10.8. The zero-order chi connectivity index (χ0) is 19.9. The quantitative estimate of drug-likeness (QED) is 0.666. The van der Waals surface area contributed by atoms with Crippen molar-refractivity contribution in [1.82, 2.24) is 10.2 Å². The molecule has 2 heterocycles. The predicted molar refractivity (Wildman–Crippen MR) is 112 cm³/mol. The molecule has 154 valence electrons. The molecule has 0 aromatic heterocycles. The largest absolute Gasteiger partial charge is 0.362 e. The van der Waals surface area contributed by atoms with Gasteiger partial charge in [-0.3, -0.25) is 9.59 Å². The number of unbranched alkanes of at least 4 members (excludes halogenated alkanes) is 1. The molecule has 0 aliphatic carbocycles. The smallest absolute Gasteiger partial charge is 0.275 e. The fourth-order valence-corrected chi connectivity index (χ4v) is 4.17. The molecule has 1 fully saturated rings. The first kappa shape index (κ1) is 20.6. The molecular formula is C22H35N4O2+. The molecule has 2 aliphatic heterocycles. The molecule has 0 bridgehead atoms. The van der Waals surface area contributed by atoms with Crippen LogP contribution in [0, 0.1) is 6.92 Å². The third kappa shape index (κ3) is 5.47. The van der Waals surface area contributed by atoms with Gasteiger partial charge in [0.1, 0.15) is 0 Å². The van der Waals surface area contributed by atoms with Gasteiger partial charge in [0.2, 0.25) is 5.91 Å². The van der Waals surface area contributed by atoms with Crippen molar-refractivity contribution in [2.75, 3.05) is 57.3 Å². The molecule has 6 heteroatoms. The van der Waals surface area contributed by atoms with Crippen LogP contribution in [0.4, 0.5) is 5.69 Å². The Bertz CT molecular complexity index is 683. The van der Waals surface area contributed by atoms with E-state index < -0.39 is 0 Å². The van der Waals surface area contributed by atoms with Gasteiger partial charge in [0.05, 0.1) is 32.7 Å². The Kier molecular flexibility index (Phi) is 7.31. The number of quaternary nitrogens is 1. The minimum absolute atomic E-state index is 0.128. The van der Waals surface area contributed by atoms with E-state index in [0.29, 0.717) is 13.1 Å². The van der Waals surface area contributed by atoms with E-state index >= 15 is 0 Å². The fraction of sp³-hybridized carbons (Fsp3) is 0.636. The summed E-state index contributed by atoms with van der Waals surface area (Å²) in [7, 11) is 0. The summed E-state index contributed by atoms with van der Waals surface area (Å²) in [5.74, 6) is 0.336. The highest BCUT2D eigenvalue weighted by atomic mass is 16.2. The lowest BCUT2D eigenvalue weighted by Crippen LogP contribution is -3.15. The van der Waals surface area contributed by atoms with Crippen LogP contribution in [0.2, 0.25) is 0 Å². The summed E-state index contributed by atoms with van der Waals surface area (Å²) < 4.78 is 0. The van der Waals surface area contributed by atoms with E-state index in [0.717, 1.165) is 65.0 Å². The van der Waals surface area contributed by atoms with E-state index in [1.54, 1.807) is 0 Å². The standard InChI is InChI=1S/C22H34N4O2/c1-3-4-9-23-21(27)16-24-11-13-25(14-12-24)22(28)17-26-10-5-6-19-15-18(2)7-8-20(19)26/h7-8,15H,3-6,9-14,16-17H2,1-2H3,(H,23,27)/p+1. The predicted octanol–water partition coefficient (Wildman–Crippen LogP) is 0.391. The minimum Gasteiger partial charge on any atom is -0.362 e. The summed E-state index contributed by atoms with van der Waals surface area (Å²) in [5, 5.41) is 2.99. The van der Waals surface area contributed by atoms with Crippen LogP contribution in [0.25, 0.3) is 0 Å². The van der Waals surface area contributed by atoms with Crippen molar-refractivity contribution in [3.05, 3.63) is 29.3 Å². The van der Waals surface area contributed by atoms with Gasteiger partial charge in [0.25, 0.3) is 5.91 Å². The summed E-state index contributed by atoms with van der Waals surface area (Å²) in [6, 6.07) is 6.55. The van der Waals surface area contributed by atoms with Crippen molar-refractivity contribution in [3.8, 4) is 0 Å². The normalized spacial score (nSPS) is 17.4. The van der Waals surface area contributed by atoms with E-state index in [9.17, 15) is 9.59 Å². The van der Waals surface area contributed by atoms with Crippen LogP contribution in [-0.4, -0.2) is 69.1 Å². The van der Waals surface area contributed by atoms with Crippen LogP contribution in [0.5, 0.6) is 0 Å². The van der Waals surface area contributed by atoms with Crippen molar-refractivity contribution in [3.63, 3.8) is 0 Å². The monoisotopic (exact) mass is 387 g/mol. The lowest BCUT2D eigenvalue weighted by molar-refractivity contribution is -0.896. The molecule has 1 saturated heterocycles. The van der Waals surface area contributed by atoms with E-state index in [-0.39, 0.29) is 11.8 Å². The van der Waals surface area contributed by atoms with Gasteiger partial charge in [-0.25, -0.2) is 0 Å². The van der Waals surface area contributed by atoms with Gasteiger partial charge in [-0.15, -0.1) is 0 Å². The summed E-state index contributed by atoms with van der Waals surface area (Å²) >= 11 is 0. The van der Waals surface area contributed by atoms with Crippen molar-refractivity contribution >= 4 is 17.5 Å². The molecule has 0 saturated carbocycles. The Balaban J connectivity index is 1.45. The number of nitrogens with one attached hydrogen (secondary N) is 2. The number of nitrogens with zero attached hydrogens (tertiary/aromatic N) is 2. The Labute approximate surface area is 168 Å².